The third kappa shape index (κ3) is 5.57. The molecule has 10 nitrogen and oxygen atoms in total. The summed E-state index contributed by atoms with van der Waals surface area (Å²) in [7, 11) is 1.48. The number of halogens is 3. The number of aromatic nitrogens is 5. The Labute approximate surface area is 253 Å². The Kier molecular flexibility index (Phi) is 7.72. The van der Waals surface area contributed by atoms with Crippen LogP contribution in [0.3, 0.4) is 0 Å². The average Bonchev–Trinajstić information content (AvgIpc) is 3.70. The molecule has 1 aliphatic rings. The first-order chi connectivity index (χ1) is 21.0. The minimum atomic E-state index is -1.30. The topological polar surface area (TPSA) is 121 Å². The molecule has 3 aromatic heterocycles. The number of fused-ring (bicyclic) bond motifs is 1. The van der Waals surface area contributed by atoms with Crippen molar-refractivity contribution in [1.29, 1.82) is 0 Å². The zero-order valence-corrected chi connectivity index (χ0v) is 24.6. The minimum absolute atomic E-state index is 0.0176. The molecule has 4 heterocycles. The summed E-state index contributed by atoms with van der Waals surface area (Å²) >= 11 is 1.20. The van der Waals surface area contributed by atoms with Crippen LogP contribution in [0.5, 0.6) is 11.1 Å². The number of hydrogen-bond donors (Lipinski definition) is 1. The van der Waals surface area contributed by atoms with Gasteiger partial charge in [0.1, 0.15) is 29.6 Å². The maximum absolute atomic E-state index is 15.6. The van der Waals surface area contributed by atoms with Crippen LogP contribution in [-0.2, 0) is 17.8 Å². The summed E-state index contributed by atoms with van der Waals surface area (Å²) in [4.78, 5) is 20.4. The predicted molar refractivity (Wildman–Crippen MR) is 153 cm³/mol. The Balaban J connectivity index is 1.33. The van der Waals surface area contributed by atoms with E-state index in [1.165, 1.54) is 30.6 Å². The van der Waals surface area contributed by atoms with E-state index >= 15 is 13.2 Å². The van der Waals surface area contributed by atoms with Crippen molar-refractivity contribution in [1.82, 2.24) is 24.7 Å². The fourth-order valence-corrected chi connectivity index (χ4v) is 5.79. The molecule has 14 heteroatoms. The van der Waals surface area contributed by atoms with Gasteiger partial charge < -0.3 is 23.9 Å². The quantitative estimate of drug-likeness (QED) is 0.215. The van der Waals surface area contributed by atoms with E-state index in [0.29, 0.717) is 16.8 Å². The standard InChI is InChI=1S/C30H26F3N5O5S/c1-30(2)14-42-12-23(30)38-22-9-16(28(39)40)8-20(33)27(22)35-24(38)10-15-7-19(32)17(11-18(15)31)21-5-4-6-25(34-21)43-13-26-36-37-29(41-3)44-26/h4-9,11,23H,10,12-14H2,1-3H3,(H,39,40). The van der Waals surface area contributed by atoms with E-state index in [9.17, 15) is 9.90 Å². The molecule has 0 spiro atoms. The van der Waals surface area contributed by atoms with E-state index in [0.717, 1.165) is 18.2 Å². The second-order valence-corrected chi connectivity index (χ2v) is 12.0. The molecule has 0 saturated carbocycles. The molecule has 1 unspecified atom stereocenters. The van der Waals surface area contributed by atoms with Gasteiger partial charge in [-0.15, -0.1) is 5.10 Å². The van der Waals surface area contributed by atoms with Gasteiger partial charge in [0.25, 0.3) is 5.19 Å². The van der Waals surface area contributed by atoms with Crippen LogP contribution in [0, 0.1) is 22.9 Å². The summed E-state index contributed by atoms with van der Waals surface area (Å²) in [6.45, 7) is 4.65. The van der Waals surface area contributed by atoms with Crippen LogP contribution in [-0.4, -0.2) is 56.1 Å². The molecule has 1 aliphatic heterocycles. The van der Waals surface area contributed by atoms with Gasteiger partial charge >= 0.3 is 5.97 Å². The number of imidazole rings is 1. The lowest BCUT2D eigenvalue weighted by atomic mass is 9.87. The molecule has 1 fully saturated rings. The lowest BCUT2D eigenvalue weighted by Gasteiger charge is -2.28. The van der Waals surface area contributed by atoms with Gasteiger partial charge in [-0.3, -0.25) is 0 Å². The molecule has 0 amide bonds. The van der Waals surface area contributed by atoms with Crippen LogP contribution >= 0.6 is 11.3 Å². The van der Waals surface area contributed by atoms with Crippen LogP contribution < -0.4 is 9.47 Å². The molecule has 1 atom stereocenters. The van der Waals surface area contributed by atoms with Crippen molar-refractivity contribution in [2.45, 2.75) is 32.9 Å². The monoisotopic (exact) mass is 625 g/mol. The second-order valence-electron chi connectivity index (χ2n) is 11.0. The first-order valence-corrected chi connectivity index (χ1v) is 14.3. The average molecular weight is 626 g/mol. The number of carbonyl (C=O) groups is 1. The Morgan fingerprint density at radius 3 is 2.64 bits per heavy atom. The van der Waals surface area contributed by atoms with Gasteiger partial charge in [-0.2, -0.15) is 0 Å². The third-order valence-electron chi connectivity index (χ3n) is 7.48. The summed E-state index contributed by atoms with van der Waals surface area (Å²) < 4.78 is 64.3. The molecule has 5 aromatic rings. The summed E-state index contributed by atoms with van der Waals surface area (Å²) in [6, 6.07) is 8.71. The highest BCUT2D eigenvalue weighted by Crippen LogP contribution is 2.41. The fraction of sp³-hybridized carbons (Fsp3) is 0.300. The van der Waals surface area contributed by atoms with Crippen LogP contribution in [0.4, 0.5) is 13.2 Å². The lowest BCUT2D eigenvalue weighted by Crippen LogP contribution is -2.27. The van der Waals surface area contributed by atoms with Gasteiger partial charge in [0.15, 0.2) is 10.8 Å². The highest BCUT2D eigenvalue weighted by molar-refractivity contribution is 7.13. The first-order valence-electron chi connectivity index (χ1n) is 13.5. The molecule has 228 valence electrons. The normalized spacial score (nSPS) is 16.0. The summed E-state index contributed by atoms with van der Waals surface area (Å²) in [5.41, 5.74) is -0.429. The Hall–Kier alpha value is -4.56. The zero-order valence-electron chi connectivity index (χ0n) is 23.8. The molecular weight excluding hydrogens is 599 g/mol. The Morgan fingerprint density at radius 2 is 1.93 bits per heavy atom. The van der Waals surface area contributed by atoms with Crippen LogP contribution in [0.2, 0.25) is 0 Å². The fourth-order valence-electron chi connectivity index (χ4n) is 5.23. The van der Waals surface area contributed by atoms with E-state index in [1.54, 1.807) is 16.7 Å². The Morgan fingerprint density at radius 1 is 1.11 bits per heavy atom. The predicted octanol–water partition coefficient (Wildman–Crippen LogP) is 5.84. The molecule has 6 rings (SSSR count). The number of carboxylic acid groups (broad SMARTS) is 1. The van der Waals surface area contributed by atoms with E-state index in [2.05, 4.69) is 20.2 Å². The SMILES string of the molecule is COc1nnc(COc2cccc(-c3cc(F)c(Cc4nc5c(F)cc(C(=O)O)cc5n4C4COCC4(C)C)cc3F)n2)s1. The Bertz CT molecular complexity index is 1890. The molecule has 0 radical (unpaired) electrons. The zero-order chi connectivity index (χ0) is 31.2. The van der Waals surface area contributed by atoms with Crippen LogP contribution in [0.25, 0.3) is 22.3 Å². The van der Waals surface area contributed by atoms with Crippen molar-refractivity contribution < 1.29 is 37.3 Å². The van der Waals surface area contributed by atoms with Crippen molar-refractivity contribution in [3.63, 3.8) is 0 Å². The first kappa shape index (κ1) is 29.5. The minimum Gasteiger partial charge on any atom is -0.478 e. The van der Waals surface area contributed by atoms with Crippen LogP contribution in [0.15, 0.2) is 42.5 Å². The smallest absolute Gasteiger partial charge is 0.335 e. The number of methoxy groups -OCH3 is 1. The molecular formula is C30H26F3N5O5S. The molecule has 0 bridgehead atoms. The highest BCUT2D eigenvalue weighted by atomic mass is 32.1. The van der Waals surface area contributed by atoms with Gasteiger partial charge in [0.05, 0.1) is 43.1 Å². The second kappa shape index (κ2) is 11.5. The van der Waals surface area contributed by atoms with Crippen molar-refractivity contribution in [2.24, 2.45) is 5.41 Å². The van der Waals surface area contributed by atoms with Crippen molar-refractivity contribution >= 4 is 28.3 Å². The van der Waals surface area contributed by atoms with Gasteiger partial charge in [-0.25, -0.2) is 27.9 Å². The maximum Gasteiger partial charge on any atom is 0.335 e. The summed E-state index contributed by atoms with van der Waals surface area (Å²) in [6.07, 6.45) is -0.186. The van der Waals surface area contributed by atoms with Gasteiger partial charge in [-0.1, -0.05) is 36.3 Å². The molecule has 2 aromatic carbocycles. The van der Waals surface area contributed by atoms with Gasteiger partial charge in [0, 0.05) is 23.5 Å². The molecule has 1 saturated heterocycles. The van der Waals surface area contributed by atoms with Gasteiger partial charge in [-0.05, 0) is 35.9 Å². The van der Waals surface area contributed by atoms with Crippen LogP contribution in [0.1, 0.15) is 46.6 Å². The number of ether oxygens (including phenoxy) is 3. The number of pyridine rings is 1. The molecule has 0 aliphatic carbocycles. The largest absolute Gasteiger partial charge is 0.478 e. The van der Waals surface area contributed by atoms with E-state index in [1.807, 2.05) is 13.8 Å². The van der Waals surface area contributed by atoms with E-state index < -0.39 is 28.8 Å². The molecule has 44 heavy (non-hydrogen) atoms. The van der Waals surface area contributed by atoms with Crippen molar-refractivity contribution in [3.8, 4) is 22.3 Å². The lowest BCUT2D eigenvalue weighted by molar-refractivity contribution is 0.0696. The molecule has 1 N–H and O–H groups in total. The van der Waals surface area contributed by atoms with E-state index in [-0.39, 0.29) is 70.8 Å². The number of benzene rings is 2. The summed E-state index contributed by atoms with van der Waals surface area (Å²) in [5.74, 6) is -3.14. The number of hydrogen-bond acceptors (Lipinski definition) is 9. The summed E-state index contributed by atoms with van der Waals surface area (Å²) in [5, 5.41) is 18.2. The number of carboxylic acids is 1. The third-order valence-corrected chi connectivity index (χ3v) is 8.34. The van der Waals surface area contributed by atoms with Gasteiger partial charge in [0.2, 0.25) is 5.88 Å². The highest BCUT2D eigenvalue weighted by Gasteiger charge is 2.39. The number of rotatable bonds is 9. The maximum atomic E-state index is 15.6. The van der Waals surface area contributed by atoms with E-state index in [4.69, 9.17) is 14.2 Å². The number of nitrogens with zero attached hydrogens (tertiary/aromatic N) is 5. The number of aromatic carboxylic acids is 1. The van der Waals surface area contributed by atoms with Crippen molar-refractivity contribution in [2.75, 3.05) is 20.3 Å². The van der Waals surface area contributed by atoms with Crippen molar-refractivity contribution in [3.05, 3.63) is 81.9 Å².